The minimum absolute atomic E-state index is 0.661. The first-order valence-corrected chi connectivity index (χ1v) is 9.49. The number of hydrogen-bond donors (Lipinski definition) is 1. The zero-order chi connectivity index (χ0) is 19.9. The zero-order valence-corrected chi connectivity index (χ0v) is 15.7. The quantitative estimate of drug-likeness (QED) is 0.481. The summed E-state index contributed by atoms with van der Waals surface area (Å²) >= 11 is 0. The van der Waals surface area contributed by atoms with E-state index < -0.39 is 0 Å². The molecule has 0 radical (unpaired) electrons. The molecule has 6 rings (SSSR count). The Hall–Kier alpha value is -4.33. The van der Waals surface area contributed by atoms with Crippen molar-refractivity contribution in [2.24, 2.45) is 0 Å². The Balaban J connectivity index is 1.35. The highest BCUT2D eigenvalue weighted by Gasteiger charge is 2.10. The van der Waals surface area contributed by atoms with Gasteiger partial charge in [-0.25, -0.2) is 14.1 Å². The lowest BCUT2D eigenvalue weighted by Crippen LogP contribution is -2.03. The average molecular weight is 393 g/mol. The standard InChI is InChI=1S/C22H15N7O/c1-4-17(22-18(5-1)27-30-28-22)25-20-8-9-21-24-13-16(29(21)26-20)11-14-6-7-15-3-2-10-23-19(15)12-14/h1-10,12-13H,11H2,(H,25,26). The van der Waals surface area contributed by atoms with Crippen molar-refractivity contribution >= 4 is 39.1 Å². The van der Waals surface area contributed by atoms with Crippen LogP contribution in [-0.4, -0.2) is 29.9 Å². The maximum absolute atomic E-state index is 4.84. The van der Waals surface area contributed by atoms with E-state index in [0.29, 0.717) is 23.3 Å². The Morgan fingerprint density at radius 2 is 1.90 bits per heavy atom. The van der Waals surface area contributed by atoms with E-state index in [2.05, 4.69) is 49.9 Å². The maximum Gasteiger partial charge on any atom is 0.158 e. The van der Waals surface area contributed by atoms with E-state index in [-0.39, 0.29) is 0 Å². The highest BCUT2D eigenvalue weighted by atomic mass is 16.6. The summed E-state index contributed by atoms with van der Waals surface area (Å²) < 4.78 is 6.69. The predicted molar refractivity (Wildman–Crippen MR) is 113 cm³/mol. The van der Waals surface area contributed by atoms with Gasteiger partial charge in [0.25, 0.3) is 0 Å². The van der Waals surface area contributed by atoms with Gasteiger partial charge < -0.3 is 5.32 Å². The minimum atomic E-state index is 0.661. The van der Waals surface area contributed by atoms with Gasteiger partial charge in [0.1, 0.15) is 5.52 Å². The van der Waals surface area contributed by atoms with E-state index in [9.17, 15) is 0 Å². The number of fused-ring (bicyclic) bond motifs is 3. The van der Waals surface area contributed by atoms with Crippen molar-refractivity contribution in [3.63, 3.8) is 0 Å². The highest BCUT2D eigenvalue weighted by molar-refractivity contribution is 5.88. The second-order valence-electron chi connectivity index (χ2n) is 7.01. The van der Waals surface area contributed by atoms with Gasteiger partial charge in [0, 0.05) is 18.0 Å². The molecule has 144 valence electrons. The number of pyridine rings is 1. The molecule has 0 atom stereocenters. The first-order valence-electron chi connectivity index (χ1n) is 9.49. The lowest BCUT2D eigenvalue weighted by molar-refractivity contribution is 0.315. The van der Waals surface area contributed by atoms with Crippen molar-refractivity contribution in [2.75, 3.05) is 5.32 Å². The summed E-state index contributed by atoms with van der Waals surface area (Å²) in [4.78, 5) is 8.93. The summed E-state index contributed by atoms with van der Waals surface area (Å²) in [5.41, 5.74) is 6.04. The van der Waals surface area contributed by atoms with Gasteiger partial charge in [-0.3, -0.25) is 4.98 Å². The summed E-state index contributed by atoms with van der Waals surface area (Å²) in [6.07, 6.45) is 4.37. The van der Waals surface area contributed by atoms with Crippen LogP contribution in [0.25, 0.3) is 27.6 Å². The third kappa shape index (κ3) is 2.82. The van der Waals surface area contributed by atoms with E-state index in [0.717, 1.165) is 33.5 Å². The lowest BCUT2D eigenvalue weighted by atomic mass is 10.1. The second kappa shape index (κ2) is 6.63. The molecule has 4 aromatic heterocycles. The fourth-order valence-corrected chi connectivity index (χ4v) is 3.58. The first-order chi connectivity index (χ1) is 14.8. The zero-order valence-electron chi connectivity index (χ0n) is 15.7. The molecule has 4 heterocycles. The molecule has 6 aromatic rings. The molecule has 8 nitrogen and oxygen atoms in total. The van der Waals surface area contributed by atoms with Crippen LogP contribution in [0.4, 0.5) is 11.5 Å². The van der Waals surface area contributed by atoms with E-state index in [1.165, 1.54) is 0 Å². The molecule has 0 spiro atoms. The highest BCUT2D eigenvalue weighted by Crippen LogP contribution is 2.23. The number of benzene rings is 2. The van der Waals surface area contributed by atoms with Gasteiger partial charge in [-0.15, -0.1) is 5.10 Å². The van der Waals surface area contributed by atoms with Gasteiger partial charge >= 0.3 is 0 Å². The van der Waals surface area contributed by atoms with E-state index in [4.69, 9.17) is 9.73 Å². The maximum atomic E-state index is 4.84. The van der Waals surface area contributed by atoms with Gasteiger partial charge in [-0.2, -0.15) is 0 Å². The van der Waals surface area contributed by atoms with Crippen molar-refractivity contribution in [1.29, 1.82) is 0 Å². The molecule has 30 heavy (non-hydrogen) atoms. The molecule has 8 heteroatoms. The molecule has 0 fully saturated rings. The minimum Gasteiger partial charge on any atom is -0.337 e. The number of hydrogen-bond acceptors (Lipinski definition) is 7. The van der Waals surface area contributed by atoms with Crippen LogP contribution in [0, 0.1) is 0 Å². The van der Waals surface area contributed by atoms with Crippen LogP contribution in [0.3, 0.4) is 0 Å². The molecular weight excluding hydrogens is 378 g/mol. The number of anilines is 2. The van der Waals surface area contributed by atoms with Gasteiger partial charge in [0.15, 0.2) is 17.0 Å². The van der Waals surface area contributed by atoms with E-state index >= 15 is 0 Å². The third-order valence-corrected chi connectivity index (χ3v) is 5.04. The van der Waals surface area contributed by atoms with Crippen molar-refractivity contribution in [2.45, 2.75) is 6.42 Å². The molecule has 0 bridgehead atoms. The fourth-order valence-electron chi connectivity index (χ4n) is 3.58. The largest absolute Gasteiger partial charge is 0.337 e. The molecule has 0 aliphatic rings. The number of nitrogens with zero attached hydrogens (tertiary/aromatic N) is 6. The summed E-state index contributed by atoms with van der Waals surface area (Å²) in [5.74, 6) is 0.678. The summed E-state index contributed by atoms with van der Waals surface area (Å²) in [5, 5.41) is 17.0. The van der Waals surface area contributed by atoms with Gasteiger partial charge in [0.2, 0.25) is 0 Å². The Bertz CT molecular complexity index is 1520. The fraction of sp³-hybridized carbons (Fsp3) is 0.0455. The summed E-state index contributed by atoms with van der Waals surface area (Å²) in [6.45, 7) is 0. The number of nitrogens with one attached hydrogen (secondary N) is 1. The smallest absolute Gasteiger partial charge is 0.158 e. The molecule has 0 aliphatic carbocycles. The Labute approximate surface area is 170 Å². The van der Waals surface area contributed by atoms with Crippen LogP contribution < -0.4 is 5.32 Å². The van der Waals surface area contributed by atoms with Crippen LogP contribution in [-0.2, 0) is 6.42 Å². The molecular formula is C22H15N7O. The van der Waals surface area contributed by atoms with Crippen molar-refractivity contribution in [1.82, 2.24) is 29.9 Å². The third-order valence-electron chi connectivity index (χ3n) is 5.04. The topological polar surface area (TPSA) is 94.0 Å². The van der Waals surface area contributed by atoms with Crippen molar-refractivity contribution < 1.29 is 4.63 Å². The monoisotopic (exact) mass is 393 g/mol. The van der Waals surface area contributed by atoms with Gasteiger partial charge in [0.05, 0.1) is 23.1 Å². The van der Waals surface area contributed by atoms with Crippen LogP contribution in [0.15, 0.2) is 77.7 Å². The lowest BCUT2D eigenvalue weighted by Gasteiger charge is -2.07. The molecule has 0 aliphatic heterocycles. The van der Waals surface area contributed by atoms with Crippen LogP contribution in [0.2, 0.25) is 0 Å². The number of imidazole rings is 1. The Kier molecular flexibility index (Phi) is 3.67. The average Bonchev–Trinajstić information content (AvgIpc) is 3.42. The molecule has 0 amide bonds. The normalized spacial score (nSPS) is 11.5. The van der Waals surface area contributed by atoms with Gasteiger partial charge in [-0.05, 0) is 52.3 Å². The van der Waals surface area contributed by atoms with Crippen molar-refractivity contribution in [3.05, 3.63) is 84.3 Å². The molecule has 0 saturated heterocycles. The van der Waals surface area contributed by atoms with E-state index in [1.54, 1.807) is 0 Å². The molecule has 2 aromatic carbocycles. The van der Waals surface area contributed by atoms with Crippen LogP contribution >= 0.6 is 0 Å². The number of rotatable bonds is 4. The SMILES string of the molecule is c1cnc2cc(Cc3cnc4ccc(Nc5cccc6nonc56)nn34)ccc2c1. The predicted octanol–water partition coefficient (Wildman–Crippen LogP) is 4.15. The Morgan fingerprint density at radius 3 is 2.90 bits per heavy atom. The van der Waals surface area contributed by atoms with Crippen LogP contribution in [0.5, 0.6) is 0 Å². The van der Waals surface area contributed by atoms with Crippen LogP contribution in [0.1, 0.15) is 11.3 Å². The first kappa shape index (κ1) is 16.6. The van der Waals surface area contributed by atoms with Crippen molar-refractivity contribution in [3.8, 4) is 0 Å². The Morgan fingerprint density at radius 1 is 0.900 bits per heavy atom. The summed E-state index contributed by atoms with van der Waals surface area (Å²) in [6, 6.07) is 19.8. The number of aromatic nitrogens is 6. The van der Waals surface area contributed by atoms with E-state index in [1.807, 2.05) is 53.3 Å². The molecule has 1 N–H and O–H groups in total. The molecule has 0 unspecified atom stereocenters. The van der Waals surface area contributed by atoms with Gasteiger partial charge in [-0.1, -0.05) is 24.3 Å². The molecule has 0 saturated carbocycles. The second-order valence-corrected chi connectivity index (χ2v) is 7.01. The summed E-state index contributed by atoms with van der Waals surface area (Å²) in [7, 11) is 0.